The zero-order valence-electron chi connectivity index (χ0n) is 18.0. The van der Waals surface area contributed by atoms with Crippen molar-refractivity contribution in [1.82, 2.24) is 30.3 Å². The summed E-state index contributed by atoms with van der Waals surface area (Å²) in [6, 6.07) is 8.98. The van der Waals surface area contributed by atoms with Crippen molar-refractivity contribution in [2.75, 3.05) is 27.7 Å². The molecule has 0 aliphatic carbocycles. The number of guanidine groups is 1. The molecule has 1 atom stereocenters. The number of hydrogen-bond donors (Lipinski definition) is 2. The van der Waals surface area contributed by atoms with Crippen LogP contribution in [0, 0.1) is 0 Å². The van der Waals surface area contributed by atoms with E-state index in [0.717, 1.165) is 56.6 Å². The van der Waals surface area contributed by atoms with Crippen molar-refractivity contribution in [1.29, 1.82) is 0 Å². The molecule has 0 bridgehead atoms. The molecule has 29 heavy (non-hydrogen) atoms. The van der Waals surface area contributed by atoms with Crippen molar-refractivity contribution in [3.8, 4) is 0 Å². The number of fused-ring (bicyclic) bond motifs is 1. The van der Waals surface area contributed by atoms with Gasteiger partial charge in [-0.05, 0) is 31.1 Å². The molecule has 1 aliphatic heterocycles. The smallest absolute Gasteiger partial charge is 0.191 e. The van der Waals surface area contributed by atoms with E-state index in [4.69, 9.17) is 4.74 Å². The first-order chi connectivity index (χ1) is 14.1. The molecule has 0 spiro atoms. The fourth-order valence-electron chi connectivity index (χ4n) is 3.50. The average molecular weight is 400 g/mol. The summed E-state index contributed by atoms with van der Waals surface area (Å²) in [6.07, 6.45) is 1.91. The highest BCUT2D eigenvalue weighted by Gasteiger charge is 2.22. The summed E-state index contributed by atoms with van der Waals surface area (Å²) in [7, 11) is 5.61. The average Bonchev–Trinajstić information content (AvgIpc) is 3.13. The maximum absolute atomic E-state index is 5.14. The Kier molecular flexibility index (Phi) is 7.60. The largest absolute Gasteiger partial charge is 0.377 e. The molecule has 1 aromatic carbocycles. The lowest BCUT2D eigenvalue weighted by molar-refractivity contribution is 0.177. The number of ether oxygens (including phenoxy) is 1. The van der Waals surface area contributed by atoms with Gasteiger partial charge >= 0.3 is 0 Å². The van der Waals surface area contributed by atoms with Crippen molar-refractivity contribution in [2.24, 2.45) is 4.99 Å². The van der Waals surface area contributed by atoms with E-state index in [9.17, 15) is 0 Å². The molecule has 158 valence electrons. The predicted octanol–water partition coefficient (Wildman–Crippen LogP) is 1.56. The maximum Gasteiger partial charge on any atom is 0.191 e. The Hall–Kier alpha value is -2.45. The van der Waals surface area contributed by atoms with Crippen LogP contribution in [0.4, 0.5) is 0 Å². The van der Waals surface area contributed by atoms with Gasteiger partial charge in [-0.3, -0.25) is 4.99 Å². The van der Waals surface area contributed by atoms with Gasteiger partial charge in [-0.1, -0.05) is 31.2 Å². The van der Waals surface area contributed by atoms with Crippen LogP contribution in [-0.4, -0.2) is 59.4 Å². The Labute approximate surface area is 173 Å². The zero-order valence-corrected chi connectivity index (χ0v) is 18.0. The molecule has 3 rings (SSSR count). The molecule has 0 saturated heterocycles. The standard InChI is InChI=1S/C21H33N7O/c1-5-27(3)13-17-8-6-7-16(11-17)12-23-21(22-2)24-18-9-10-20-25-19(15-29-4)26-28(20)14-18/h6-8,11,18H,5,9-10,12-15H2,1-4H3,(H2,22,23,24). The van der Waals surface area contributed by atoms with E-state index in [0.29, 0.717) is 6.61 Å². The molecule has 0 amide bonds. The molecule has 1 unspecified atom stereocenters. The van der Waals surface area contributed by atoms with Gasteiger partial charge in [0.25, 0.3) is 0 Å². The Morgan fingerprint density at radius 3 is 2.97 bits per heavy atom. The molecular weight excluding hydrogens is 366 g/mol. The van der Waals surface area contributed by atoms with Crippen LogP contribution in [0.2, 0.25) is 0 Å². The number of aryl methyl sites for hydroxylation is 1. The van der Waals surface area contributed by atoms with Gasteiger partial charge in [0, 0.05) is 39.7 Å². The molecular formula is C21H33N7O. The third-order valence-corrected chi connectivity index (χ3v) is 5.18. The van der Waals surface area contributed by atoms with E-state index >= 15 is 0 Å². The Morgan fingerprint density at radius 2 is 2.21 bits per heavy atom. The molecule has 0 fully saturated rings. The van der Waals surface area contributed by atoms with Crippen molar-refractivity contribution >= 4 is 5.96 Å². The summed E-state index contributed by atoms with van der Waals surface area (Å²) in [6.45, 7) is 6.15. The van der Waals surface area contributed by atoms with Crippen LogP contribution in [0.25, 0.3) is 0 Å². The van der Waals surface area contributed by atoms with E-state index in [1.54, 1.807) is 7.11 Å². The minimum atomic E-state index is 0.273. The van der Waals surface area contributed by atoms with Gasteiger partial charge in [0.15, 0.2) is 11.8 Å². The highest BCUT2D eigenvalue weighted by Crippen LogP contribution is 2.13. The Balaban J connectivity index is 1.53. The van der Waals surface area contributed by atoms with Crippen LogP contribution in [0.5, 0.6) is 0 Å². The van der Waals surface area contributed by atoms with Crippen molar-refractivity contribution in [2.45, 2.75) is 52.0 Å². The van der Waals surface area contributed by atoms with Gasteiger partial charge in [0.1, 0.15) is 12.4 Å². The SMILES string of the molecule is CCN(C)Cc1cccc(CNC(=NC)NC2CCc3nc(COC)nn3C2)c1. The van der Waals surface area contributed by atoms with Gasteiger partial charge in [0.2, 0.25) is 0 Å². The number of methoxy groups -OCH3 is 1. The topological polar surface area (TPSA) is 79.6 Å². The van der Waals surface area contributed by atoms with Gasteiger partial charge in [-0.2, -0.15) is 5.10 Å². The van der Waals surface area contributed by atoms with Crippen LogP contribution in [0.1, 0.15) is 36.1 Å². The first-order valence-electron chi connectivity index (χ1n) is 10.3. The first-order valence-corrected chi connectivity index (χ1v) is 10.3. The molecule has 0 saturated carbocycles. The second kappa shape index (κ2) is 10.4. The molecule has 1 aliphatic rings. The van der Waals surface area contributed by atoms with E-state index < -0.39 is 0 Å². The number of benzene rings is 1. The normalized spacial score (nSPS) is 16.7. The zero-order chi connectivity index (χ0) is 20.6. The van der Waals surface area contributed by atoms with Gasteiger partial charge in [-0.15, -0.1) is 0 Å². The highest BCUT2D eigenvalue weighted by molar-refractivity contribution is 5.79. The fraction of sp³-hybridized carbons (Fsp3) is 0.571. The summed E-state index contributed by atoms with van der Waals surface area (Å²) in [5.41, 5.74) is 2.58. The lowest BCUT2D eigenvalue weighted by Gasteiger charge is -2.25. The van der Waals surface area contributed by atoms with Crippen molar-refractivity contribution in [3.63, 3.8) is 0 Å². The number of aliphatic imine (C=N–C) groups is 1. The summed E-state index contributed by atoms with van der Waals surface area (Å²) >= 11 is 0. The lowest BCUT2D eigenvalue weighted by Crippen LogP contribution is -2.46. The quantitative estimate of drug-likeness (QED) is 0.518. The van der Waals surface area contributed by atoms with E-state index in [2.05, 4.69) is 68.8 Å². The number of aromatic nitrogens is 3. The Bertz CT molecular complexity index is 817. The second-order valence-electron chi connectivity index (χ2n) is 7.52. The third kappa shape index (κ3) is 6.01. The number of nitrogens with one attached hydrogen (secondary N) is 2. The second-order valence-corrected chi connectivity index (χ2v) is 7.52. The first kappa shape index (κ1) is 21.3. The molecule has 2 heterocycles. The monoisotopic (exact) mass is 399 g/mol. The van der Waals surface area contributed by atoms with Crippen LogP contribution in [0.3, 0.4) is 0 Å². The van der Waals surface area contributed by atoms with Gasteiger partial charge < -0.3 is 20.3 Å². The third-order valence-electron chi connectivity index (χ3n) is 5.18. The minimum Gasteiger partial charge on any atom is -0.377 e. The highest BCUT2D eigenvalue weighted by atomic mass is 16.5. The molecule has 8 heteroatoms. The van der Waals surface area contributed by atoms with Crippen LogP contribution in [-0.2, 0) is 37.4 Å². The van der Waals surface area contributed by atoms with Gasteiger partial charge in [-0.25, -0.2) is 9.67 Å². The molecule has 0 radical (unpaired) electrons. The summed E-state index contributed by atoms with van der Waals surface area (Å²) in [5.74, 6) is 2.60. The van der Waals surface area contributed by atoms with Crippen LogP contribution >= 0.6 is 0 Å². The number of rotatable bonds is 8. The van der Waals surface area contributed by atoms with Crippen LogP contribution in [0.15, 0.2) is 29.3 Å². The fourth-order valence-corrected chi connectivity index (χ4v) is 3.50. The maximum atomic E-state index is 5.14. The summed E-state index contributed by atoms with van der Waals surface area (Å²) in [5, 5.41) is 11.5. The molecule has 1 aromatic heterocycles. The Morgan fingerprint density at radius 1 is 1.38 bits per heavy atom. The van der Waals surface area contributed by atoms with E-state index in [1.807, 2.05) is 11.7 Å². The van der Waals surface area contributed by atoms with Crippen molar-refractivity contribution < 1.29 is 4.74 Å². The minimum absolute atomic E-state index is 0.273. The van der Waals surface area contributed by atoms with Crippen LogP contribution < -0.4 is 10.6 Å². The molecule has 2 aromatic rings. The lowest BCUT2D eigenvalue weighted by atomic mass is 10.1. The predicted molar refractivity (Wildman–Crippen MR) is 115 cm³/mol. The van der Waals surface area contributed by atoms with Crippen molar-refractivity contribution in [3.05, 3.63) is 47.0 Å². The van der Waals surface area contributed by atoms with E-state index in [-0.39, 0.29) is 6.04 Å². The van der Waals surface area contributed by atoms with Gasteiger partial charge in [0.05, 0.1) is 6.54 Å². The molecule has 2 N–H and O–H groups in total. The summed E-state index contributed by atoms with van der Waals surface area (Å²) in [4.78, 5) is 11.2. The summed E-state index contributed by atoms with van der Waals surface area (Å²) < 4.78 is 7.12. The number of nitrogens with zero attached hydrogens (tertiary/aromatic N) is 5. The van der Waals surface area contributed by atoms with E-state index in [1.165, 1.54) is 11.1 Å². The number of hydrogen-bond acceptors (Lipinski definition) is 5. The molecule has 8 nitrogen and oxygen atoms in total.